The SMILES string of the molecule is Nc1cc(Oc2cc(F)cc(Br)c2)ccc1C(=O)O. The first-order valence-corrected chi connectivity index (χ1v) is 6.02. The van der Waals surface area contributed by atoms with E-state index in [1.54, 1.807) is 6.07 Å². The number of nitrogens with two attached hydrogens (primary N) is 1. The van der Waals surface area contributed by atoms with Crippen LogP contribution in [0.2, 0.25) is 0 Å². The topological polar surface area (TPSA) is 72.5 Å². The first-order valence-electron chi connectivity index (χ1n) is 5.22. The van der Waals surface area contributed by atoms with Crippen LogP contribution < -0.4 is 10.5 Å². The Balaban J connectivity index is 2.28. The molecule has 0 aromatic heterocycles. The zero-order valence-corrected chi connectivity index (χ0v) is 11.1. The summed E-state index contributed by atoms with van der Waals surface area (Å²) in [5.41, 5.74) is 5.67. The fraction of sp³-hybridized carbons (Fsp3) is 0. The Morgan fingerprint density at radius 1 is 1.21 bits per heavy atom. The Bertz CT molecular complexity index is 626. The molecule has 2 aromatic rings. The van der Waals surface area contributed by atoms with E-state index in [0.717, 1.165) is 0 Å². The highest BCUT2D eigenvalue weighted by Gasteiger charge is 2.09. The van der Waals surface area contributed by atoms with Gasteiger partial charge in [-0.15, -0.1) is 0 Å². The van der Waals surface area contributed by atoms with Gasteiger partial charge in [0.15, 0.2) is 0 Å². The molecule has 0 bridgehead atoms. The van der Waals surface area contributed by atoms with Crippen LogP contribution in [-0.2, 0) is 0 Å². The third-order valence-corrected chi connectivity index (χ3v) is 2.78. The lowest BCUT2D eigenvalue weighted by atomic mass is 10.2. The van der Waals surface area contributed by atoms with Gasteiger partial charge in [-0.1, -0.05) is 15.9 Å². The minimum absolute atomic E-state index is 0.00669. The standard InChI is InChI=1S/C13H9BrFNO3/c14-7-3-8(15)5-10(4-7)19-9-1-2-11(13(17)18)12(16)6-9/h1-6H,16H2,(H,17,18). The molecule has 0 saturated carbocycles. The molecule has 98 valence electrons. The molecule has 4 nitrogen and oxygen atoms in total. The number of halogens is 2. The molecule has 0 unspecified atom stereocenters. The van der Waals surface area contributed by atoms with E-state index in [-0.39, 0.29) is 17.0 Å². The quantitative estimate of drug-likeness (QED) is 0.844. The van der Waals surface area contributed by atoms with Crippen LogP contribution in [0.1, 0.15) is 10.4 Å². The number of hydrogen-bond acceptors (Lipinski definition) is 3. The Morgan fingerprint density at radius 2 is 1.95 bits per heavy atom. The van der Waals surface area contributed by atoms with Crippen molar-refractivity contribution in [3.05, 3.63) is 52.3 Å². The van der Waals surface area contributed by atoms with E-state index in [0.29, 0.717) is 10.2 Å². The number of nitrogen functional groups attached to an aromatic ring is 1. The molecule has 0 aliphatic carbocycles. The third kappa shape index (κ3) is 3.23. The van der Waals surface area contributed by atoms with Gasteiger partial charge < -0.3 is 15.6 Å². The van der Waals surface area contributed by atoms with Gasteiger partial charge in [0.2, 0.25) is 0 Å². The van der Waals surface area contributed by atoms with Crippen LogP contribution in [0.25, 0.3) is 0 Å². The Hall–Kier alpha value is -2.08. The highest BCUT2D eigenvalue weighted by molar-refractivity contribution is 9.10. The number of hydrogen-bond donors (Lipinski definition) is 2. The van der Waals surface area contributed by atoms with E-state index < -0.39 is 11.8 Å². The van der Waals surface area contributed by atoms with Crippen molar-refractivity contribution in [1.82, 2.24) is 0 Å². The second-order valence-corrected chi connectivity index (χ2v) is 4.68. The van der Waals surface area contributed by atoms with Gasteiger partial charge in [-0.2, -0.15) is 0 Å². The highest BCUT2D eigenvalue weighted by Crippen LogP contribution is 2.28. The lowest BCUT2D eigenvalue weighted by molar-refractivity contribution is 0.0698. The summed E-state index contributed by atoms with van der Waals surface area (Å²) in [5.74, 6) is -0.939. The van der Waals surface area contributed by atoms with Crippen molar-refractivity contribution in [2.75, 3.05) is 5.73 Å². The summed E-state index contributed by atoms with van der Waals surface area (Å²) >= 11 is 3.15. The second kappa shape index (κ2) is 5.27. The molecule has 0 aliphatic heterocycles. The summed E-state index contributed by atoms with van der Waals surface area (Å²) in [7, 11) is 0. The molecule has 2 rings (SSSR count). The molecule has 0 fully saturated rings. The van der Waals surface area contributed by atoms with Crippen molar-refractivity contribution >= 4 is 27.6 Å². The maximum absolute atomic E-state index is 13.2. The molecule has 0 saturated heterocycles. The average Bonchev–Trinajstić information content (AvgIpc) is 2.26. The molecular weight excluding hydrogens is 317 g/mol. The van der Waals surface area contributed by atoms with Crippen molar-refractivity contribution in [3.8, 4) is 11.5 Å². The van der Waals surface area contributed by atoms with Gasteiger partial charge in [-0.3, -0.25) is 0 Å². The summed E-state index contributed by atoms with van der Waals surface area (Å²) in [4.78, 5) is 10.8. The maximum atomic E-state index is 13.2. The zero-order chi connectivity index (χ0) is 14.0. The van der Waals surface area contributed by atoms with E-state index in [1.165, 1.54) is 30.3 Å². The Morgan fingerprint density at radius 3 is 2.53 bits per heavy atom. The summed E-state index contributed by atoms with van der Waals surface area (Å²) in [5, 5.41) is 8.84. The lowest BCUT2D eigenvalue weighted by Crippen LogP contribution is -2.02. The molecule has 0 aliphatic rings. The predicted molar refractivity (Wildman–Crippen MR) is 72.0 cm³/mol. The molecule has 19 heavy (non-hydrogen) atoms. The van der Waals surface area contributed by atoms with Crippen molar-refractivity contribution in [3.63, 3.8) is 0 Å². The number of ether oxygens (including phenoxy) is 1. The van der Waals surface area contributed by atoms with Crippen molar-refractivity contribution < 1.29 is 19.0 Å². The number of carboxylic acid groups (broad SMARTS) is 1. The summed E-state index contributed by atoms with van der Waals surface area (Å²) in [6.07, 6.45) is 0. The molecule has 0 radical (unpaired) electrons. The van der Waals surface area contributed by atoms with Crippen LogP contribution in [0, 0.1) is 5.82 Å². The molecule has 6 heteroatoms. The van der Waals surface area contributed by atoms with Crippen LogP contribution in [-0.4, -0.2) is 11.1 Å². The van der Waals surface area contributed by atoms with Gasteiger partial charge >= 0.3 is 5.97 Å². The number of rotatable bonds is 3. The van der Waals surface area contributed by atoms with E-state index in [2.05, 4.69) is 15.9 Å². The van der Waals surface area contributed by atoms with Gasteiger partial charge in [-0.25, -0.2) is 9.18 Å². The monoisotopic (exact) mass is 325 g/mol. The van der Waals surface area contributed by atoms with Crippen molar-refractivity contribution in [1.29, 1.82) is 0 Å². The zero-order valence-electron chi connectivity index (χ0n) is 9.56. The molecule has 0 amide bonds. The Labute approximate surface area is 116 Å². The largest absolute Gasteiger partial charge is 0.478 e. The van der Waals surface area contributed by atoms with Crippen molar-refractivity contribution in [2.24, 2.45) is 0 Å². The second-order valence-electron chi connectivity index (χ2n) is 3.76. The third-order valence-electron chi connectivity index (χ3n) is 2.33. The fourth-order valence-corrected chi connectivity index (χ4v) is 1.97. The smallest absolute Gasteiger partial charge is 0.337 e. The molecule has 0 spiro atoms. The van der Waals surface area contributed by atoms with Gasteiger partial charge in [0.25, 0.3) is 0 Å². The van der Waals surface area contributed by atoms with Gasteiger partial charge in [0, 0.05) is 22.3 Å². The molecule has 3 N–H and O–H groups in total. The summed E-state index contributed by atoms with van der Waals surface area (Å²) in [6, 6.07) is 8.27. The van der Waals surface area contributed by atoms with E-state index in [9.17, 15) is 9.18 Å². The van der Waals surface area contributed by atoms with E-state index >= 15 is 0 Å². The first-order chi connectivity index (χ1) is 8.95. The number of aromatic carboxylic acids is 1. The van der Waals surface area contributed by atoms with Crippen LogP contribution in [0.5, 0.6) is 11.5 Å². The molecular formula is C13H9BrFNO3. The number of carboxylic acids is 1. The van der Waals surface area contributed by atoms with Crippen LogP contribution >= 0.6 is 15.9 Å². The lowest BCUT2D eigenvalue weighted by Gasteiger charge is -2.08. The molecule has 2 aromatic carbocycles. The first kappa shape index (κ1) is 13.4. The minimum Gasteiger partial charge on any atom is -0.478 e. The molecule has 0 heterocycles. The van der Waals surface area contributed by atoms with Gasteiger partial charge in [-0.05, 0) is 24.3 Å². The normalized spacial score (nSPS) is 10.2. The fourth-order valence-electron chi connectivity index (χ4n) is 1.52. The maximum Gasteiger partial charge on any atom is 0.337 e. The van der Waals surface area contributed by atoms with Crippen LogP contribution in [0.15, 0.2) is 40.9 Å². The summed E-state index contributed by atoms with van der Waals surface area (Å²) < 4.78 is 19.1. The highest BCUT2D eigenvalue weighted by atomic mass is 79.9. The van der Waals surface area contributed by atoms with Gasteiger partial charge in [0.05, 0.1) is 5.56 Å². The number of benzene rings is 2. The van der Waals surface area contributed by atoms with Crippen molar-refractivity contribution in [2.45, 2.75) is 0 Å². The Kier molecular flexibility index (Phi) is 3.71. The number of anilines is 1. The number of carbonyl (C=O) groups is 1. The van der Waals surface area contributed by atoms with Crippen LogP contribution in [0.4, 0.5) is 10.1 Å². The predicted octanol–water partition coefficient (Wildman–Crippen LogP) is 3.66. The average molecular weight is 326 g/mol. The molecule has 0 atom stereocenters. The van der Waals surface area contributed by atoms with E-state index in [1.807, 2.05) is 0 Å². The minimum atomic E-state index is -1.11. The van der Waals surface area contributed by atoms with E-state index in [4.69, 9.17) is 15.6 Å². The van der Waals surface area contributed by atoms with Crippen LogP contribution in [0.3, 0.4) is 0 Å². The summed E-state index contributed by atoms with van der Waals surface area (Å²) in [6.45, 7) is 0. The van der Waals surface area contributed by atoms with Gasteiger partial charge in [0.1, 0.15) is 17.3 Å².